The molecule has 6 atom stereocenters. The molecule has 9 heteroatoms. The Hall–Kier alpha value is -4.24. The van der Waals surface area contributed by atoms with Gasteiger partial charge in [-0.05, 0) is 36.8 Å². The number of carbonyl (C=O) groups is 3. The van der Waals surface area contributed by atoms with Crippen molar-refractivity contribution in [1.29, 1.82) is 0 Å². The summed E-state index contributed by atoms with van der Waals surface area (Å²) in [5.74, 6) is -3.02. The van der Waals surface area contributed by atoms with E-state index in [1.165, 1.54) is 4.90 Å². The van der Waals surface area contributed by atoms with Crippen LogP contribution in [0.2, 0.25) is 5.02 Å². The van der Waals surface area contributed by atoms with Crippen LogP contribution in [0, 0.1) is 11.8 Å². The Kier molecular flexibility index (Phi) is 6.96. The Morgan fingerprint density at radius 1 is 0.818 bits per heavy atom. The number of aliphatic hydroxyl groups excluding tert-OH is 1. The molecule has 3 aromatic carbocycles. The average Bonchev–Trinajstić information content (AvgIpc) is 3.30. The van der Waals surface area contributed by atoms with Gasteiger partial charge in [0.25, 0.3) is 5.91 Å². The molecule has 2 saturated heterocycles. The molecule has 2 fully saturated rings. The number of ether oxygens (including phenoxy) is 1. The predicted octanol–water partition coefficient (Wildman–Crippen LogP) is 4.55. The molecule has 0 aromatic heterocycles. The third kappa shape index (κ3) is 4.16. The summed E-state index contributed by atoms with van der Waals surface area (Å²) in [6.07, 6.45) is 7.36. The Bertz CT molecular complexity index is 1680. The van der Waals surface area contributed by atoms with Gasteiger partial charge >= 0.3 is 0 Å². The van der Waals surface area contributed by atoms with Crippen LogP contribution in [0.25, 0.3) is 0 Å². The zero-order valence-corrected chi connectivity index (χ0v) is 24.9. The lowest BCUT2D eigenvalue weighted by molar-refractivity contribution is -0.148. The van der Waals surface area contributed by atoms with Crippen LogP contribution in [0.3, 0.4) is 0 Å². The Labute approximate surface area is 260 Å². The first kappa shape index (κ1) is 28.5. The van der Waals surface area contributed by atoms with Crippen LogP contribution in [0.15, 0.2) is 109 Å². The first-order valence-electron chi connectivity index (χ1n) is 14.8. The normalized spacial score (nSPS) is 30.1. The highest BCUT2D eigenvalue weighted by Crippen LogP contribution is 2.59. The summed E-state index contributed by atoms with van der Waals surface area (Å²) in [7, 11) is 0. The minimum atomic E-state index is -1.48. The summed E-state index contributed by atoms with van der Waals surface area (Å²) in [5.41, 5.74) is -0.769. The van der Waals surface area contributed by atoms with Gasteiger partial charge in [-0.2, -0.15) is 0 Å². The SMILES string of the molecule is C[C@]12C=CCN(c3ccccc3)C(=O)[C@H]1[C@H]1C(=O)N([C@H](CO)c3ccccc3)C3C(=O)N(c4ccccc4Cl)CC=C[C@@]31O2. The zero-order chi connectivity index (χ0) is 30.6. The van der Waals surface area contributed by atoms with Crippen molar-refractivity contribution < 1.29 is 24.2 Å². The number of aliphatic hydroxyl groups is 1. The summed E-state index contributed by atoms with van der Waals surface area (Å²) in [6, 6.07) is 23.5. The van der Waals surface area contributed by atoms with Crippen LogP contribution in [-0.4, -0.2) is 64.7 Å². The lowest BCUT2D eigenvalue weighted by Gasteiger charge is -2.40. The summed E-state index contributed by atoms with van der Waals surface area (Å²) in [6.45, 7) is 1.90. The fraction of sp³-hybridized carbons (Fsp3) is 0.286. The number of anilines is 2. The first-order valence-corrected chi connectivity index (χ1v) is 15.1. The summed E-state index contributed by atoms with van der Waals surface area (Å²) in [5, 5.41) is 11.2. The quantitative estimate of drug-likeness (QED) is 0.429. The fourth-order valence-electron chi connectivity index (χ4n) is 7.55. The van der Waals surface area contributed by atoms with Gasteiger partial charge in [0, 0.05) is 18.8 Å². The van der Waals surface area contributed by atoms with Crippen molar-refractivity contribution in [2.75, 3.05) is 29.5 Å². The maximum absolute atomic E-state index is 14.9. The van der Waals surface area contributed by atoms with E-state index >= 15 is 0 Å². The molecule has 224 valence electrons. The maximum atomic E-state index is 14.9. The molecule has 4 aliphatic rings. The van der Waals surface area contributed by atoms with E-state index < -0.39 is 53.5 Å². The molecule has 0 radical (unpaired) electrons. The van der Waals surface area contributed by atoms with Crippen LogP contribution in [-0.2, 0) is 19.1 Å². The summed E-state index contributed by atoms with van der Waals surface area (Å²) in [4.78, 5) is 49.0. The molecule has 1 N–H and O–H groups in total. The Balaban J connectivity index is 1.41. The van der Waals surface area contributed by atoms with Crippen molar-refractivity contribution in [2.24, 2.45) is 11.8 Å². The van der Waals surface area contributed by atoms with Gasteiger partial charge in [-0.1, -0.05) is 96.6 Å². The van der Waals surface area contributed by atoms with Gasteiger partial charge in [-0.15, -0.1) is 0 Å². The van der Waals surface area contributed by atoms with Gasteiger partial charge < -0.3 is 24.5 Å². The second kappa shape index (κ2) is 10.7. The number of carbonyl (C=O) groups excluding carboxylic acids is 3. The van der Waals surface area contributed by atoms with Crippen LogP contribution < -0.4 is 9.80 Å². The maximum Gasteiger partial charge on any atom is 0.253 e. The number of para-hydroxylation sites is 2. The van der Waals surface area contributed by atoms with Crippen molar-refractivity contribution in [1.82, 2.24) is 4.90 Å². The van der Waals surface area contributed by atoms with Gasteiger partial charge in [0.05, 0.1) is 40.8 Å². The van der Waals surface area contributed by atoms with Crippen molar-refractivity contribution in [3.05, 3.63) is 120 Å². The van der Waals surface area contributed by atoms with Gasteiger partial charge in [0.15, 0.2) is 0 Å². The van der Waals surface area contributed by atoms with E-state index in [-0.39, 0.29) is 12.5 Å². The van der Waals surface area contributed by atoms with Crippen LogP contribution in [0.1, 0.15) is 18.5 Å². The first-order chi connectivity index (χ1) is 21.3. The minimum Gasteiger partial charge on any atom is -0.394 e. The molecule has 1 spiro atoms. The number of hydrogen-bond donors (Lipinski definition) is 1. The molecule has 4 heterocycles. The molecule has 3 aromatic rings. The van der Waals surface area contributed by atoms with Crippen molar-refractivity contribution >= 4 is 40.7 Å². The standard InChI is InChI=1S/C35H32ClN3O5/c1-34-18-10-20-37(24-14-6-3-7-15-24)31(41)28(34)29-32(42)39(27(22-40)23-12-4-2-5-13-23)30-33(43)38(21-11-19-35(29,30)44-34)26-17-9-8-16-25(26)36/h2-19,27-30,40H,20-22H2,1H3/t27-,28-,29+,30?,34+,35+/m1/s1. The van der Waals surface area contributed by atoms with E-state index in [0.29, 0.717) is 28.5 Å². The number of halogens is 1. The van der Waals surface area contributed by atoms with Gasteiger partial charge in [0.2, 0.25) is 11.8 Å². The molecule has 4 aliphatic heterocycles. The van der Waals surface area contributed by atoms with E-state index in [4.69, 9.17) is 16.3 Å². The number of amides is 3. The fourth-order valence-corrected chi connectivity index (χ4v) is 7.79. The third-order valence-corrected chi connectivity index (χ3v) is 9.72. The number of fused-ring (bicyclic) bond motifs is 2. The number of likely N-dealkylation sites (tertiary alicyclic amines) is 1. The van der Waals surface area contributed by atoms with E-state index in [0.717, 1.165) is 0 Å². The monoisotopic (exact) mass is 609 g/mol. The van der Waals surface area contributed by atoms with Crippen molar-refractivity contribution in [3.8, 4) is 0 Å². The highest BCUT2D eigenvalue weighted by atomic mass is 35.5. The highest BCUT2D eigenvalue weighted by molar-refractivity contribution is 6.34. The van der Waals surface area contributed by atoms with Gasteiger partial charge in [-0.25, -0.2) is 0 Å². The van der Waals surface area contributed by atoms with E-state index in [1.54, 1.807) is 40.1 Å². The molecule has 8 nitrogen and oxygen atoms in total. The van der Waals surface area contributed by atoms with Crippen LogP contribution in [0.4, 0.5) is 11.4 Å². The van der Waals surface area contributed by atoms with E-state index in [9.17, 15) is 19.5 Å². The lowest BCUT2D eigenvalue weighted by atomic mass is 9.74. The number of nitrogens with zero attached hydrogens (tertiary/aromatic N) is 3. The predicted molar refractivity (Wildman–Crippen MR) is 167 cm³/mol. The van der Waals surface area contributed by atoms with E-state index in [1.807, 2.05) is 85.8 Å². The highest BCUT2D eigenvalue weighted by Gasteiger charge is 2.75. The molecular formula is C35H32ClN3O5. The number of rotatable bonds is 5. The topological polar surface area (TPSA) is 90.4 Å². The zero-order valence-electron chi connectivity index (χ0n) is 24.1. The second-order valence-electron chi connectivity index (χ2n) is 11.8. The van der Waals surface area contributed by atoms with E-state index in [2.05, 4.69) is 0 Å². The second-order valence-corrected chi connectivity index (χ2v) is 12.2. The molecular weight excluding hydrogens is 578 g/mol. The third-order valence-electron chi connectivity index (χ3n) is 9.40. The number of benzene rings is 3. The molecule has 0 aliphatic carbocycles. The van der Waals surface area contributed by atoms with Crippen LogP contribution in [0.5, 0.6) is 0 Å². The molecule has 7 rings (SSSR count). The largest absolute Gasteiger partial charge is 0.394 e. The lowest BCUT2D eigenvalue weighted by Crippen LogP contribution is -2.57. The van der Waals surface area contributed by atoms with Crippen molar-refractivity contribution in [2.45, 2.75) is 30.2 Å². The molecule has 0 bridgehead atoms. The Morgan fingerprint density at radius 3 is 2.16 bits per heavy atom. The molecule has 44 heavy (non-hydrogen) atoms. The minimum absolute atomic E-state index is 0.190. The molecule has 3 amide bonds. The molecule has 1 unspecified atom stereocenters. The average molecular weight is 610 g/mol. The van der Waals surface area contributed by atoms with Crippen molar-refractivity contribution in [3.63, 3.8) is 0 Å². The van der Waals surface area contributed by atoms with Gasteiger partial charge in [-0.3, -0.25) is 14.4 Å². The molecule has 0 saturated carbocycles. The smallest absolute Gasteiger partial charge is 0.253 e. The summed E-state index contributed by atoms with van der Waals surface area (Å²) < 4.78 is 6.95. The van der Waals surface area contributed by atoms with Gasteiger partial charge in [0.1, 0.15) is 11.6 Å². The Morgan fingerprint density at radius 2 is 1.45 bits per heavy atom. The summed E-state index contributed by atoms with van der Waals surface area (Å²) >= 11 is 6.58. The van der Waals surface area contributed by atoms with Crippen LogP contribution >= 0.6 is 11.6 Å². The number of hydrogen-bond acceptors (Lipinski definition) is 5.